The van der Waals surface area contributed by atoms with E-state index in [9.17, 15) is 23.1 Å². The van der Waals surface area contributed by atoms with E-state index in [0.29, 0.717) is 12.0 Å². The monoisotopic (exact) mass is 287 g/mol. The molecule has 0 saturated heterocycles. The highest BCUT2D eigenvalue weighted by molar-refractivity contribution is 5.85. The van der Waals surface area contributed by atoms with Gasteiger partial charge in [0.05, 0.1) is 0 Å². The molecule has 0 spiro atoms. The minimum atomic E-state index is -3.81. The number of aliphatic hydroxyl groups is 1. The number of halogens is 3. The van der Waals surface area contributed by atoms with Gasteiger partial charge in [-0.2, -0.15) is 8.78 Å². The van der Waals surface area contributed by atoms with Gasteiger partial charge in [-0.1, -0.05) is 18.2 Å². The lowest BCUT2D eigenvalue weighted by Crippen LogP contribution is -2.60. The first-order valence-corrected chi connectivity index (χ1v) is 6.49. The second-order valence-corrected chi connectivity index (χ2v) is 5.06. The summed E-state index contributed by atoms with van der Waals surface area (Å²) in [5, 5.41) is 11.7. The molecule has 1 aromatic rings. The van der Waals surface area contributed by atoms with Crippen LogP contribution in [0.15, 0.2) is 24.3 Å². The minimum absolute atomic E-state index is 0.0826. The van der Waals surface area contributed by atoms with E-state index in [0.717, 1.165) is 0 Å². The largest absolute Gasteiger partial charge is 0.383 e. The Hall–Kier alpha value is -1.56. The molecule has 0 unspecified atom stereocenters. The van der Waals surface area contributed by atoms with Gasteiger partial charge in [-0.05, 0) is 37.3 Å². The van der Waals surface area contributed by atoms with Crippen molar-refractivity contribution in [3.05, 3.63) is 35.6 Å². The third-order valence-corrected chi connectivity index (χ3v) is 3.69. The minimum Gasteiger partial charge on any atom is -0.383 e. The fraction of sp³-hybridized carbons (Fsp3) is 0.500. The average molecular weight is 287 g/mol. The third-order valence-electron chi connectivity index (χ3n) is 3.69. The van der Waals surface area contributed by atoms with Gasteiger partial charge in [0.1, 0.15) is 11.4 Å². The molecule has 6 heteroatoms. The molecule has 1 saturated carbocycles. The van der Waals surface area contributed by atoms with Crippen molar-refractivity contribution in [1.82, 2.24) is 5.32 Å². The Kier molecular flexibility index (Phi) is 4.04. The Balaban J connectivity index is 1.88. The van der Waals surface area contributed by atoms with Gasteiger partial charge in [0, 0.05) is 6.54 Å². The van der Waals surface area contributed by atoms with Crippen LogP contribution in [0.5, 0.6) is 0 Å². The topological polar surface area (TPSA) is 49.3 Å². The summed E-state index contributed by atoms with van der Waals surface area (Å²) in [5.74, 6) is -5.75. The van der Waals surface area contributed by atoms with Crippen molar-refractivity contribution in [3.8, 4) is 0 Å². The highest BCUT2D eigenvalue weighted by Crippen LogP contribution is 2.44. The predicted molar refractivity (Wildman–Crippen MR) is 66.9 cm³/mol. The summed E-state index contributed by atoms with van der Waals surface area (Å²) in [6.07, 6.45) is 0.434. The van der Waals surface area contributed by atoms with E-state index in [1.807, 2.05) is 0 Å². The van der Waals surface area contributed by atoms with Crippen LogP contribution in [-0.4, -0.2) is 29.1 Å². The predicted octanol–water partition coefficient (Wildman–Crippen LogP) is 2.03. The lowest BCUT2D eigenvalue weighted by molar-refractivity contribution is -0.215. The summed E-state index contributed by atoms with van der Waals surface area (Å²) in [6, 6.07) is 5.95. The van der Waals surface area contributed by atoms with Crippen LogP contribution in [0.4, 0.5) is 13.2 Å². The Morgan fingerprint density at radius 2 is 2.00 bits per heavy atom. The number of alkyl halides is 2. The van der Waals surface area contributed by atoms with E-state index >= 15 is 0 Å². The first-order valence-electron chi connectivity index (χ1n) is 6.49. The van der Waals surface area contributed by atoms with Gasteiger partial charge in [0.2, 0.25) is 0 Å². The molecule has 0 bridgehead atoms. The molecule has 1 aliphatic carbocycles. The Bertz CT molecular complexity index is 501. The van der Waals surface area contributed by atoms with Crippen molar-refractivity contribution in [2.45, 2.75) is 37.2 Å². The zero-order chi connectivity index (χ0) is 14.8. The van der Waals surface area contributed by atoms with Crippen LogP contribution >= 0.6 is 0 Å². The smallest absolute Gasteiger partial charge is 0.352 e. The van der Waals surface area contributed by atoms with Crippen LogP contribution in [0.3, 0.4) is 0 Å². The normalized spacial score (nSPS) is 17.4. The van der Waals surface area contributed by atoms with Crippen molar-refractivity contribution >= 4 is 5.91 Å². The van der Waals surface area contributed by atoms with Gasteiger partial charge in [-0.15, -0.1) is 0 Å². The molecule has 2 N–H and O–H groups in total. The molecule has 0 aromatic heterocycles. The molecule has 1 amide bonds. The maximum atomic E-state index is 13.7. The molecule has 0 atom stereocenters. The van der Waals surface area contributed by atoms with Gasteiger partial charge in [-0.25, -0.2) is 4.39 Å². The van der Waals surface area contributed by atoms with Crippen LogP contribution in [0.25, 0.3) is 0 Å². The number of carbonyl (C=O) groups excluding carboxylic acids is 1. The molecular weight excluding hydrogens is 271 g/mol. The molecule has 0 radical (unpaired) electrons. The van der Waals surface area contributed by atoms with Crippen molar-refractivity contribution in [3.63, 3.8) is 0 Å². The number of nitrogens with one attached hydrogen (secondary N) is 1. The maximum Gasteiger partial charge on any atom is 0.352 e. The summed E-state index contributed by atoms with van der Waals surface area (Å²) in [4.78, 5) is 11.5. The molecule has 1 aliphatic rings. The quantitative estimate of drug-likeness (QED) is 0.870. The summed E-state index contributed by atoms with van der Waals surface area (Å²) in [5.41, 5.74) is -1.88. The molecule has 3 nitrogen and oxygen atoms in total. The summed E-state index contributed by atoms with van der Waals surface area (Å²) >= 11 is 0. The molecule has 2 rings (SSSR count). The molecule has 0 aliphatic heterocycles. The van der Waals surface area contributed by atoms with Gasteiger partial charge in [-0.3, -0.25) is 4.79 Å². The van der Waals surface area contributed by atoms with E-state index in [2.05, 4.69) is 5.32 Å². The zero-order valence-corrected chi connectivity index (χ0v) is 10.8. The van der Waals surface area contributed by atoms with Crippen LogP contribution in [0.2, 0.25) is 0 Å². The second-order valence-electron chi connectivity index (χ2n) is 5.06. The van der Waals surface area contributed by atoms with Gasteiger partial charge in [0.15, 0.2) is 0 Å². The van der Waals surface area contributed by atoms with E-state index in [1.54, 1.807) is 6.07 Å². The maximum absolute atomic E-state index is 13.7. The third kappa shape index (κ3) is 2.65. The zero-order valence-electron chi connectivity index (χ0n) is 10.8. The van der Waals surface area contributed by atoms with Crippen LogP contribution in [0.1, 0.15) is 24.8 Å². The highest BCUT2D eigenvalue weighted by Gasteiger charge is 2.60. The lowest BCUT2D eigenvalue weighted by atomic mass is 9.75. The molecule has 110 valence electrons. The molecule has 20 heavy (non-hydrogen) atoms. The molecule has 1 aromatic carbocycles. The van der Waals surface area contributed by atoms with Crippen LogP contribution in [0, 0.1) is 5.82 Å². The highest BCUT2D eigenvalue weighted by atomic mass is 19.3. The van der Waals surface area contributed by atoms with Crippen molar-refractivity contribution in [1.29, 1.82) is 0 Å². The number of hydrogen-bond acceptors (Lipinski definition) is 2. The van der Waals surface area contributed by atoms with Gasteiger partial charge in [0.25, 0.3) is 5.91 Å². The summed E-state index contributed by atoms with van der Waals surface area (Å²) in [6.45, 7) is -0.106. The lowest BCUT2D eigenvalue weighted by Gasteiger charge is -2.41. The summed E-state index contributed by atoms with van der Waals surface area (Å²) in [7, 11) is 0. The average Bonchev–Trinajstić information content (AvgIpc) is 2.37. The van der Waals surface area contributed by atoms with E-state index in [-0.39, 0.29) is 25.8 Å². The SMILES string of the molecule is O=C(NCCc1ccccc1F)C(F)(F)C1(O)CCC1. The fourth-order valence-corrected chi connectivity index (χ4v) is 2.16. The molecule has 1 fully saturated rings. The summed E-state index contributed by atoms with van der Waals surface area (Å²) < 4.78 is 40.7. The van der Waals surface area contributed by atoms with Crippen LogP contribution in [-0.2, 0) is 11.2 Å². The van der Waals surface area contributed by atoms with Crippen molar-refractivity contribution in [2.24, 2.45) is 0 Å². The fourth-order valence-electron chi connectivity index (χ4n) is 2.16. The van der Waals surface area contributed by atoms with Gasteiger partial charge < -0.3 is 10.4 Å². The number of carbonyl (C=O) groups is 1. The Morgan fingerprint density at radius 1 is 1.35 bits per heavy atom. The first-order chi connectivity index (χ1) is 9.37. The number of hydrogen-bond donors (Lipinski definition) is 2. The standard InChI is InChI=1S/C14H16F3NO2/c15-11-5-2-1-4-10(11)6-9-18-12(19)14(16,17)13(20)7-3-8-13/h1-2,4-5,20H,3,6-9H2,(H,18,19). The van der Waals surface area contributed by atoms with Crippen LogP contribution < -0.4 is 5.32 Å². The molecule has 0 heterocycles. The number of amides is 1. The first kappa shape index (κ1) is 14.8. The van der Waals surface area contributed by atoms with Gasteiger partial charge >= 0.3 is 5.92 Å². The Labute approximate surface area is 114 Å². The van der Waals surface area contributed by atoms with E-state index in [4.69, 9.17) is 0 Å². The van der Waals surface area contributed by atoms with Crippen molar-refractivity contribution in [2.75, 3.05) is 6.54 Å². The van der Waals surface area contributed by atoms with E-state index < -0.39 is 23.2 Å². The molecular formula is C14H16F3NO2. The Morgan fingerprint density at radius 3 is 2.55 bits per heavy atom. The van der Waals surface area contributed by atoms with E-state index in [1.165, 1.54) is 18.2 Å². The number of rotatable bonds is 5. The number of benzene rings is 1. The second kappa shape index (κ2) is 5.44. The van der Waals surface area contributed by atoms with Crippen molar-refractivity contribution < 1.29 is 23.1 Å².